The minimum atomic E-state index is -1.36. The second kappa shape index (κ2) is 4.19. The number of nitrogens with two attached hydrogens (primary N) is 1. The molecule has 2 unspecified atom stereocenters. The standard InChI is InChI=1S/C8H8N2O3S/c9-3-4-1-2-5(14-4)7(11)6(10)8(12)13/h1-2,6-7,11H,10H2,(H,12,13). The maximum absolute atomic E-state index is 10.4. The maximum Gasteiger partial charge on any atom is 0.323 e. The highest BCUT2D eigenvalue weighted by Crippen LogP contribution is 2.24. The summed E-state index contributed by atoms with van der Waals surface area (Å²) < 4.78 is 0. The molecule has 4 N–H and O–H groups in total. The SMILES string of the molecule is N#Cc1ccc(C(O)C(N)C(=O)O)s1. The van der Waals surface area contributed by atoms with Crippen molar-refractivity contribution in [2.45, 2.75) is 12.1 Å². The molecule has 74 valence electrons. The zero-order valence-corrected chi connectivity index (χ0v) is 7.86. The zero-order valence-electron chi connectivity index (χ0n) is 7.04. The number of hydrogen-bond acceptors (Lipinski definition) is 5. The molecule has 0 radical (unpaired) electrons. The van der Waals surface area contributed by atoms with Crippen LogP contribution in [-0.2, 0) is 4.79 Å². The lowest BCUT2D eigenvalue weighted by atomic mass is 10.1. The lowest BCUT2D eigenvalue weighted by Crippen LogP contribution is -2.36. The Balaban J connectivity index is 2.84. The Morgan fingerprint density at radius 1 is 1.64 bits per heavy atom. The van der Waals surface area contributed by atoms with E-state index in [4.69, 9.17) is 16.1 Å². The average molecular weight is 212 g/mol. The molecule has 0 fully saturated rings. The lowest BCUT2D eigenvalue weighted by Gasteiger charge is -2.12. The number of carboxylic acid groups (broad SMARTS) is 1. The van der Waals surface area contributed by atoms with Crippen molar-refractivity contribution in [3.05, 3.63) is 21.9 Å². The Kier molecular flexibility index (Phi) is 3.19. The van der Waals surface area contributed by atoms with Gasteiger partial charge in [0.2, 0.25) is 0 Å². The van der Waals surface area contributed by atoms with Gasteiger partial charge in [-0.3, -0.25) is 4.79 Å². The van der Waals surface area contributed by atoms with Gasteiger partial charge in [-0.2, -0.15) is 5.26 Å². The molecule has 0 aliphatic heterocycles. The summed E-state index contributed by atoms with van der Waals surface area (Å²) in [6.45, 7) is 0. The van der Waals surface area contributed by atoms with Crippen LogP contribution in [0, 0.1) is 11.3 Å². The van der Waals surface area contributed by atoms with Crippen LogP contribution in [0.5, 0.6) is 0 Å². The van der Waals surface area contributed by atoms with E-state index in [1.165, 1.54) is 12.1 Å². The third-order valence-corrected chi connectivity index (χ3v) is 2.71. The summed E-state index contributed by atoms with van der Waals surface area (Å²) in [5, 5.41) is 26.5. The number of aliphatic hydroxyl groups is 1. The van der Waals surface area contributed by atoms with E-state index < -0.39 is 18.1 Å². The van der Waals surface area contributed by atoms with Gasteiger partial charge in [0.1, 0.15) is 23.1 Å². The van der Waals surface area contributed by atoms with Crippen molar-refractivity contribution in [2.24, 2.45) is 5.73 Å². The molecule has 0 saturated carbocycles. The van der Waals surface area contributed by atoms with E-state index >= 15 is 0 Å². The Labute approximate surface area is 84.0 Å². The van der Waals surface area contributed by atoms with Crippen LogP contribution in [0.2, 0.25) is 0 Å². The fourth-order valence-corrected chi connectivity index (χ4v) is 1.72. The molecule has 14 heavy (non-hydrogen) atoms. The highest BCUT2D eigenvalue weighted by atomic mass is 32.1. The first-order valence-corrected chi connectivity index (χ1v) is 4.54. The van der Waals surface area contributed by atoms with Crippen LogP contribution in [0.15, 0.2) is 12.1 Å². The van der Waals surface area contributed by atoms with E-state index in [1.54, 1.807) is 0 Å². The van der Waals surface area contributed by atoms with Crippen molar-refractivity contribution in [2.75, 3.05) is 0 Å². The number of carbonyl (C=O) groups is 1. The first-order chi connectivity index (χ1) is 6.56. The topological polar surface area (TPSA) is 107 Å². The van der Waals surface area contributed by atoms with Crippen LogP contribution in [0.3, 0.4) is 0 Å². The van der Waals surface area contributed by atoms with Crippen LogP contribution in [0.4, 0.5) is 0 Å². The number of rotatable bonds is 3. The average Bonchev–Trinajstić information content (AvgIpc) is 2.63. The largest absolute Gasteiger partial charge is 0.480 e. The number of hydrogen-bond donors (Lipinski definition) is 3. The van der Waals surface area contributed by atoms with E-state index in [-0.39, 0.29) is 0 Å². The number of thiophene rings is 1. The van der Waals surface area contributed by atoms with Crippen LogP contribution >= 0.6 is 11.3 Å². The summed E-state index contributed by atoms with van der Waals surface area (Å²) in [4.78, 5) is 11.2. The van der Waals surface area contributed by atoms with E-state index in [1.807, 2.05) is 6.07 Å². The molecule has 0 aromatic carbocycles. The fraction of sp³-hybridized carbons (Fsp3) is 0.250. The minimum Gasteiger partial charge on any atom is -0.480 e. The van der Waals surface area contributed by atoms with Crippen molar-refractivity contribution < 1.29 is 15.0 Å². The molecule has 0 bridgehead atoms. The van der Waals surface area contributed by atoms with Crippen LogP contribution in [-0.4, -0.2) is 22.2 Å². The monoisotopic (exact) mass is 212 g/mol. The van der Waals surface area contributed by atoms with Crippen molar-refractivity contribution in [1.29, 1.82) is 5.26 Å². The predicted octanol–water partition coefficient (Wildman–Crippen LogP) is 0.0651. The smallest absolute Gasteiger partial charge is 0.323 e. The van der Waals surface area contributed by atoms with Crippen molar-refractivity contribution in [3.63, 3.8) is 0 Å². The Morgan fingerprint density at radius 3 is 2.71 bits per heavy atom. The predicted molar refractivity (Wildman–Crippen MR) is 49.6 cm³/mol. The van der Waals surface area contributed by atoms with Gasteiger partial charge in [0.15, 0.2) is 0 Å². The molecule has 0 aliphatic carbocycles. The van der Waals surface area contributed by atoms with Crippen molar-refractivity contribution in [3.8, 4) is 6.07 Å². The van der Waals surface area contributed by atoms with Crippen molar-refractivity contribution >= 4 is 17.3 Å². The van der Waals surface area contributed by atoms with Gasteiger partial charge in [-0.15, -0.1) is 11.3 Å². The molecular weight excluding hydrogens is 204 g/mol. The number of aliphatic hydroxyl groups excluding tert-OH is 1. The molecule has 0 amide bonds. The number of nitrogens with zero attached hydrogens (tertiary/aromatic N) is 1. The first kappa shape index (κ1) is 10.7. The number of carboxylic acids is 1. The Morgan fingerprint density at radius 2 is 2.29 bits per heavy atom. The molecular formula is C8H8N2O3S. The van der Waals surface area contributed by atoms with Crippen molar-refractivity contribution in [1.82, 2.24) is 0 Å². The summed E-state index contributed by atoms with van der Waals surface area (Å²) in [5.41, 5.74) is 5.22. The van der Waals surface area contributed by atoms with E-state index in [9.17, 15) is 9.90 Å². The molecule has 1 aromatic heterocycles. The summed E-state index contributed by atoms with van der Waals surface area (Å²) in [6, 6.07) is 3.54. The number of nitriles is 1. The summed E-state index contributed by atoms with van der Waals surface area (Å²) >= 11 is 1.03. The molecule has 2 atom stereocenters. The normalized spacial score (nSPS) is 14.4. The van der Waals surface area contributed by atoms with Gasteiger partial charge in [0.05, 0.1) is 0 Å². The Hall–Kier alpha value is -1.42. The van der Waals surface area contributed by atoms with Gasteiger partial charge >= 0.3 is 5.97 Å². The molecule has 0 spiro atoms. The fourth-order valence-electron chi connectivity index (χ4n) is 0.884. The number of aliphatic carboxylic acids is 1. The maximum atomic E-state index is 10.4. The summed E-state index contributed by atoms with van der Waals surface area (Å²) in [6.07, 6.45) is -1.26. The molecule has 5 nitrogen and oxygen atoms in total. The zero-order chi connectivity index (χ0) is 10.7. The van der Waals surface area contributed by atoms with Gasteiger partial charge in [0.25, 0.3) is 0 Å². The highest BCUT2D eigenvalue weighted by molar-refractivity contribution is 7.12. The van der Waals surface area contributed by atoms with Gasteiger partial charge in [-0.1, -0.05) is 0 Å². The minimum absolute atomic E-state index is 0.386. The lowest BCUT2D eigenvalue weighted by molar-refractivity contribution is -0.141. The first-order valence-electron chi connectivity index (χ1n) is 3.72. The van der Waals surface area contributed by atoms with E-state index in [2.05, 4.69) is 0 Å². The van der Waals surface area contributed by atoms with Crippen LogP contribution < -0.4 is 5.73 Å². The second-order valence-corrected chi connectivity index (χ2v) is 3.74. The molecule has 1 aromatic rings. The van der Waals surface area contributed by atoms with Gasteiger partial charge < -0.3 is 15.9 Å². The molecule has 0 saturated heterocycles. The molecule has 1 heterocycles. The van der Waals surface area contributed by atoms with Crippen LogP contribution in [0.1, 0.15) is 15.9 Å². The van der Waals surface area contributed by atoms with Crippen LogP contribution in [0.25, 0.3) is 0 Å². The van der Waals surface area contributed by atoms with Gasteiger partial charge in [-0.25, -0.2) is 0 Å². The quantitative estimate of drug-likeness (QED) is 0.657. The third-order valence-electron chi connectivity index (χ3n) is 1.65. The van der Waals surface area contributed by atoms with E-state index in [0.717, 1.165) is 11.3 Å². The summed E-state index contributed by atoms with van der Waals surface area (Å²) in [5.74, 6) is -1.27. The van der Waals surface area contributed by atoms with Gasteiger partial charge in [0, 0.05) is 4.88 Å². The Bertz CT molecular complexity index is 382. The van der Waals surface area contributed by atoms with E-state index in [0.29, 0.717) is 9.75 Å². The molecule has 6 heteroatoms. The second-order valence-electron chi connectivity index (χ2n) is 2.62. The molecule has 1 rings (SSSR count). The van der Waals surface area contributed by atoms with Gasteiger partial charge in [-0.05, 0) is 12.1 Å². The molecule has 0 aliphatic rings. The third kappa shape index (κ3) is 2.09. The highest BCUT2D eigenvalue weighted by Gasteiger charge is 2.24. The summed E-state index contributed by atoms with van der Waals surface area (Å²) in [7, 11) is 0.